The molecule has 3 rings (SSSR count). The molecule has 0 saturated heterocycles. The number of benzene rings is 2. The van der Waals surface area contributed by atoms with Crippen LogP contribution in [-0.4, -0.2) is 24.9 Å². The van der Waals surface area contributed by atoms with Crippen LogP contribution in [0.15, 0.2) is 47.6 Å². The highest BCUT2D eigenvalue weighted by atomic mass is 16.3. The van der Waals surface area contributed by atoms with Crippen LogP contribution in [0.3, 0.4) is 0 Å². The molecule has 0 aromatic heterocycles. The van der Waals surface area contributed by atoms with Crippen molar-refractivity contribution in [2.24, 2.45) is 5.10 Å². The standard InChI is InChI=1S/C18H21N3O/c1-12-10-14(6-9-18(12)22)17-11-16(19-20-17)13-4-7-15(8-5-13)21(2)3/h4-10,16,19,22H,11H2,1-3H3. The van der Waals surface area contributed by atoms with Gasteiger partial charge in [-0.3, -0.25) is 0 Å². The van der Waals surface area contributed by atoms with Crippen LogP contribution in [0.1, 0.15) is 29.2 Å². The van der Waals surface area contributed by atoms with E-state index in [2.05, 4.69) is 39.7 Å². The van der Waals surface area contributed by atoms with E-state index in [0.29, 0.717) is 5.75 Å². The molecule has 0 amide bonds. The molecule has 4 nitrogen and oxygen atoms in total. The summed E-state index contributed by atoms with van der Waals surface area (Å²) in [4.78, 5) is 2.09. The Morgan fingerprint density at radius 3 is 2.50 bits per heavy atom. The summed E-state index contributed by atoms with van der Waals surface area (Å²) in [5.41, 5.74) is 8.62. The molecule has 0 saturated carbocycles. The van der Waals surface area contributed by atoms with Crippen molar-refractivity contribution in [2.45, 2.75) is 19.4 Å². The van der Waals surface area contributed by atoms with E-state index in [0.717, 1.165) is 23.3 Å². The maximum Gasteiger partial charge on any atom is 0.118 e. The summed E-state index contributed by atoms with van der Waals surface area (Å²) in [6.07, 6.45) is 0.853. The highest BCUT2D eigenvalue weighted by Crippen LogP contribution is 2.27. The maximum absolute atomic E-state index is 9.63. The van der Waals surface area contributed by atoms with Crippen molar-refractivity contribution in [1.29, 1.82) is 0 Å². The number of aryl methyl sites for hydroxylation is 1. The second-order valence-electron chi connectivity index (χ2n) is 5.93. The SMILES string of the molecule is Cc1cc(C2=NNC(c3ccc(N(C)C)cc3)C2)ccc1O. The first-order valence-corrected chi connectivity index (χ1v) is 7.44. The van der Waals surface area contributed by atoms with Gasteiger partial charge < -0.3 is 15.4 Å². The normalized spacial score (nSPS) is 17.0. The van der Waals surface area contributed by atoms with Gasteiger partial charge in [0.1, 0.15) is 5.75 Å². The van der Waals surface area contributed by atoms with Crippen LogP contribution in [-0.2, 0) is 0 Å². The van der Waals surface area contributed by atoms with Gasteiger partial charge in [-0.05, 0) is 53.9 Å². The molecule has 2 aromatic carbocycles. The maximum atomic E-state index is 9.63. The van der Waals surface area contributed by atoms with Crippen LogP contribution in [0.5, 0.6) is 5.75 Å². The van der Waals surface area contributed by atoms with Crippen LogP contribution >= 0.6 is 0 Å². The zero-order chi connectivity index (χ0) is 15.7. The van der Waals surface area contributed by atoms with E-state index in [-0.39, 0.29) is 6.04 Å². The third kappa shape index (κ3) is 2.77. The average molecular weight is 295 g/mol. The van der Waals surface area contributed by atoms with Gasteiger partial charge in [-0.25, -0.2) is 0 Å². The molecule has 1 unspecified atom stereocenters. The second kappa shape index (κ2) is 5.72. The van der Waals surface area contributed by atoms with Crippen molar-refractivity contribution in [1.82, 2.24) is 5.43 Å². The number of aromatic hydroxyl groups is 1. The highest BCUT2D eigenvalue weighted by molar-refractivity contribution is 6.02. The Hall–Kier alpha value is -2.49. The molecule has 4 heteroatoms. The Balaban J connectivity index is 1.74. The number of phenols is 1. The van der Waals surface area contributed by atoms with Crippen molar-refractivity contribution < 1.29 is 5.11 Å². The summed E-state index contributed by atoms with van der Waals surface area (Å²) in [5, 5.41) is 14.1. The zero-order valence-electron chi connectivity index (χ0n) is 13.2. The van der Waals surface area contributed by atoms with Gasteiger partial charge in [-0.1, -0.05) is 12.1 Å². The lowest BCUT2D eigenvalue weighted by Gasteiger charge is -2.15. The molecule has 0 radical (unpaired) electrons. The molecule has 1 aliphatic heterocycles. The minimum atomic E-state index is 0.209. The lowest BCUT2D eigenvalue weighted by Crippen LogP contribution is -2.11. The first-order valence-electron chi connectivity index (χ1n) is 7.44. The van der Waals surface area contributed by atoms with Gasteiger partial charge in [0.05, 0.1) is 11.8 Å². The molecular weight excluding hydrogens is 274 g/mol. The molecule has 22 heavy (non-hydrogen) atoms. The average Bonchev–Trinajstić information content (AvgIpc) is 3.00. The predicted molar refractivity (Wildman–Crippen MR) is 90.6 cm³/mol. The van der Waals surface area contributed by atoms with E-state index in [4.69, 9.17) is 0 Å². The molecule has 2 aromatic rings. The first kappa shape index (κ1) is 14.4. The molecular formula is C18H21N3O. The van der Waals surface area contributed by atoms with Crippen molar-refractivity contribution in [3.05, 3.63) is 59.2 Å². The third-order valence-corrected chi connectivity index (χ3v) is 4.09. The monoisotopic (exact) mass is 295 g/mol. The minimum absolute atomic E-state index is 0.209. The summed E-state index contributed by atoms with van der Waals surface area (Å²) in [6.45, 7) is 1.90. The number of hydrogen-bond acceptors (Lipinski definition) is 4. The van der Waals surface area contributed by atoms with E-state index in [1.165, 1.54) is 11.3 Å². The lowest BCUT2D eigenvalue weighted by molar-refractivity contribution is 0.471. The van der Waals surface area contributed by atoms with E-state index >= 15 is 0 Å². The molecule has 114 valence electrons. The molecule has 1 atom stereocenters. The molecule has 0 spiro atoms. The Bertz CT molecular complexity index is 705. The fraction of sp³-hybridized carbons (Fsp3) is 0.278. The third-order valence-electron chi connectivity index (χ3n) is 4.09. The fourth-order valence-corrected chi connectivity index (χ4v) is 2.65. The van der Waals surface area contributed by atoms with Crippen molar-refractivity contribution in [3.63, 3.8) is 0 Å². The molecule has 2 N–H and O–H groups in total. The van der Waals surface area contributed by atoms with Crippen molar-refractivity contribution in [2.75, 3.05) is 19.0 Å². The van der Waals surface area contributed by atoms with Crippen LogP contribution in [0, 0.1) is 6.92 Å². The summed E-state index contributed by atoms with van der Waals surface area (Å²) in [5.74, 6) is 0.325. The molecule has 1 heterocycles. The topological polar surface area (TPSA) is 47.9 Å². The number of anilines is 1. The van der Waals surface area contributed by atoms with Crippen molar-refractivity contribution in [3.8, 4) is 5.75 Å². The number of phenolic OH excluding ortho intramolecular Hbond substituents is 1. The smallest absolute Gasteiger partial charge is 0.118 e. The van der Waals surface area contributed by atoms with Gasteiger partial charge in [0.25, 0.3) is 0 Å². The van der Waals surface area contributed by atoms with Gasteiger partial charge in [0.2, 0.25) is 0 Å². The second-order valence-corrected chi connectivity index (χ2v) is 5.93. The molecule has 0 fully saturated rings. The Kier molecular flexibility index (Phi) is 3.75. The number of rotatable bonds is 3. The van der Waals surface area contributed by atoms with E-state index in [1.807, 2.05) is 33.2 Å². The van der Waals surface area contributed by atoms with Crippen LogP contribution in [0.25, 0.3) is 0 Å². The van der Waals surface area contributed by atoms with Gasteiger partial charge in [0.15, 0.2) is 0 Å². The number of nitrogens with one attached hydrogen (secondary N) is 1. The summed E-state index contributed by atoms with van der Waals surface area (Å²) >= 11 is 0. The molecule has 0 aliphatic carbocycles. The van der Waals surface area contributed by atoms with Gasteiger partial charge in [0, 0.05) is 26.2 Å². The van der Waals surface area contributed by atoms with Crippen molar-refractivity contribution >= 4 is 11.4 Å². The van der Waals surface area contributed by atoms with E-state index in [1.54, 1.807) is 6.07 Å². The van der Waals surface area contributed by atoms with Gasteiger partial charge in [-0.2, -0.15) is 5.10 Å². The van der Waals surface area contributed by atoms with Crippen LogP contribution < -0.4 is 10.3 Å². The fourth-order valence-electron chi connectivity index (χ4n) is 2.65. The first-order chi connectivity index (χ1) is 10.5. The lowest BCUT2D eigenvalue weighted by atomic mass is 9.98. The quantitative estimate of drug-likeness (QED) is 0.914. The Morgan fingerprint density at radius 1 is 1.14 bits per heavy atom. The predicted octanol–water partition coefficient (Wildman–Crippen LogP) is 3.21. The van der Waals surface area contributed by atoms with Crippen LogP contribution in [0.2, 0.25) is 0 Å². The van der Waals surface area contributed by atoms with E-state index < -0.39 is 0 Å². The molecule has 1 aliphatic rings. The summed E-state index contributed by atoms with van der Waals surface area (Å²) < 4.78 is 0. The number of hydrogen-bond donors (Lipinski definition) is 2. The molecule has 0 bridgehead atoms. The highest BCUT2D eigenvalue weighted by Gasteiger charge is 2.21. The Labute approximate surface area is 131 Å². The number of hydrazone groups is 1. The minimum Gasteiger partial charge on any atom is -0.508 e. The number of nitrogens with zero attached hydrogens (tertiary/aromatic N) is 2. The largest absolute Gasteiger partial charge is 0.508 e. The summed E-state index contributed by atoms with van der Waals surface area (Å²) in [7, 11) is 4.08. The van der Waals surface area contributed by atoms with Crippen LogP contribution in [0.4, 0.5) is 5.69 Å². The Morgan fingerprint density at radius 2 is 1.86 bits per heavy atom. The summed E-state index contributed by atoms with van der Waals surface area (Å²) in [6, 6.07) is 14.4. The van der Waals surface area contributed by atoms with Gasteiger partial charge in [-0.15, -0.1) is 0 Å². The van der Waals surface area contributed by atoms with E-state index in [9.17, 15) is 5.11 Å². The van der Waals surface area contributed by atoms with Gasteiger partial charge >= 0.3 is 0 Å². The zero-order valence-corrected chi connectivity index (χ0v) is 13.2.